The fraction of sp³-hybridized carbons (Fsp3) is 0.600. The zero-order valence-electron chi connectivity index (χ0n) is 13.6. The molecule has 25 heavy (non-hydrogen) atoms. The molecule has 1 saturated heterocycles. The largest absolute Gasteiger partial charge is 0.394 e. The molecule has 2 aliphatic heterocycles. The van der Waals surface area contributed by atoms with Crippen LogP contribution >= 0.6 is 0 Å². The van der Waals surface area contributed by atoms with Gasteiger partial charge in [-0.2, -0.15) is 0 Å². The molecule has 10 heteroatoms. The van der Waals surface area contributed by atoms with Crippen molar-refractivity contribution in [3.05, 3.63) is 23.7 Å². The molecule has 3 heterocycles. The minimum atomic E-state index is -1.42. The van der Waals surface area contributed by atoms with E-state index < -0.39 is 37.1 Å². The van der Waals surface area contributed by atoms with E-state index in [2.05, 4.69) is 15.3 Å². The minimum Gasteiger partial charge on any atom is -0.394 e. The Morgan fingerprint density at radius 2 is 2.00 bits per heavy atom. The van der Waals surface area contributed by atoms with Gasteiger partial charge in [0.05, 0.1) is 18.9 Å². The van der Waals surface area contributed by atoms with Crippen molar-refractivity contribution >= 4 is 11.5 Å². The molecule has 5 atom stereocenters. The van der Waals surface area contributed by atoms with E-state index in [1.165, 1.54) is 17.1 Å². The highest BCUT2D eigenvalue weighted by Crippen LogP contribution is 2.26. The van der Waals surface area contributed by atoms with Crippen LogP contribution in [0.4, 0.5) is 0 Å². The van der Waals surface area contributed by atoms with Crippen LogP contribution in [0, 0.1) is 0 Å². The van der Waals surface area contributed by atoms with Crippen LogP contribution in [0.25, 0.3) is 0 Å². The summed E-state index contributed by atoms with van der Waals surface area (Å²) in [6, 6.07) is 0. The quantitative estimate of drug-likeness (QED) is 0.443. The van der Waals surface area contributed by atoms with Crippen LogP contribution in [0.2, 0.25) is 0 Å². The van der Waals surface area contributed by atoms with Gasteiger partial charge in [-0.3, -0.25) is 9.79 Å². The number of allylic oxidation sites excluding steroid dienone is 1. The van der Waals surface area contributed by atoms with Gasteiger partial charge in [0, 0.05) is 37.4 Å². The van der Waals surface area contributed by atoms with Gasteiger partial charge in [-0.25, -0.2) is 4.68 Å². The summed E-state index contributed by atoms with van der Waals surface area (Å²) in [5.41, 5.74) is 1.41. The van der Waals surface area contributed by atoms with E-state index >= 15 is 0 Å². The van der Waals surface area contributed by atoms with Crippen LogP contribution < -0.4 is 0 Å². The topological polar surface area (TPSA) is 150 Å². The van der Waals surface area contributed by atoms with Crippen molar-refractivity contribution in [3.8, 4) is 0 Å². The molecule has 1 aromatic rings. The lowest BCUT2D eigenvalue weighted by molar-refractivity contribution is -0.227. The number of rotatable bonds is 5. The van der Waals surface area contributed by atoms with E-state index in [-0.39, 0.29) is 18.6 Å². The minimum absolute atomic E-state index is 0.165. The summed E-state index contributed by atoms with van der Waals surface area (Å²) in [5, 5.41) is 46.3. The predicted molar refractivity (Wildman–Crippen MR) is 83.9 cm³/mol. The van der Waals surface area contributed by atoms with Crippen LogP contribution in [-0.2, 0) is 11.8 Å². The number of aliphatic imine (C=N–C) groups is 1. The van der Waals surface area contributed by atoms with E-state index in [0.717, 1.165) is 0 Å². The molecule has 3 rings (SSSR count). The summed E-state index contributed by atoms with van der Waals surface area (Å²) in [7, 11) is 1.62. The number of aryl methyl sites for hydroxylation is 1. The Balaban J connectivity index is 1.62. The van der Waals surface area contributed by atoms with Gasteiger partial charge in [0.25, 0.3) is 0 Å². The first-order valence-corrected chi connectivity index (χ1v) is 7.87. The molecular weight excluding hydrogens is 332 g/mol. The fourth-order valence-corrected chi connectivity index (χ4v) is 2.98. The number of nitrogens with zero attached hydrogens (tertiary/aromatic N) is 4. The molecule has 0 amide bonds. The molecule has 0 aromatic carbocycles. The SMILES string of the molecule is Cn1nncc1C(=O)C1=CN=C(CC2OC(CO)C(O)C(O)C2O)C1. The number of ketones is 1. The Morgan fingerprint density at radius 3 is 2.64 bits per heavy atom. The maximum absolute atomic E-state index is 12.4. The summed E-state index contributed by atoms with van der Waals surface area (Å²) in [4.78, 5) is 16.6. The Morgan fingerprint density at radius 1 is 1.28 bits per heavy atom. The van der Waals surface area contributed by atoms with Crippen molar-refractivity contribution in [1.29, 1.82) is 0 Å². The number of carbonyl (C=O) groups is 1. The molecule has 0 saturated carbocycles. The van der Waals surface area contributed by atoms with Crippen molar-refractivity contribution in [3.63, 3.8) is 0 Å². The Kier molecular flexibility index (Phi) is 5.06. The third-order valence-electron chi connectivity index (χ3n) is 4.46. The van der Waals surface area contributed by atoms with Crippen LogP contribution in [0.5, 0.6) is 0 Å². The number of carbonyl (C=O) groups excluding carboxylic acids is 1. The Hall–Kier alpha value is -1.98. The molecule has 1 fully saturated rings. The molecule has 5 unspecified atom stereocenters. The van der Waals surface area contributed by atoms with Crippen molar-refractivity contribution in [2.75, 3.05) is 6.61 Å². The summed E-state index contributed by atoms with van der Waals surface area (Å²) in [6.07, 6.45) is -2.66. The molecule has 2 aliphatic rings. The number of aliphatic hydroxyl groups excluding tert-OH is 4. The highest BCUT2D eigenvalue weighted by Gasteiger charge is 2.43. The predicted octanol–water partition coefficient (Wildman–Crippen LogP) is -2.04. The van der Waals surface area contributed by atoms with Crippen LogP contribution in [-0.4, -0.2) is 84.0 Å². The highest BCUT2D eigenvalue weighted by atomic mass is 16.5. The van der Waals surface area contributed by atoms with Gasteiger partial charge < -0.3 is 25.2 Å². The van der Waals surface area contributed by atoms with E-state index in [0.29, 0.717) is 17.0 Å². The van der Waals surface area contributed by atoms with Crippen molar-refractivity contribution < 1.29 is 30.0 Å². The second-order valence-electron chi connectivity index (χ2n) is 6.17. The maximum Gasteiger partial charge on any atom is 0.210 e. The lowest BCUT2D eigenvalue weighted by Gasteiger charge is -2.40. The lowest BCUT2D eigenvalue weighted by atomic mass is 9.91. The van der Waals surface area contributed by atoms with Gasteiger partial charge in [0.2, 0.25) is 5.78 Å². The first-order valence-electron chi connectivity index (χ1n) is 7.87. The molecule has 4 N–H and O–H groups in total. The van der Waals surface area contributed by atoms with E-state index in [4.69, 9.17) is 4.74 Å². The second-order valence-corrected chi connectivity index (χ2v) is 6.17. The van der Waals surface area contributed by atoms with Crippen LogP contribution in [0.1, 0.15) is 23.3 Å². The first-order chi connectivity index (χ1) is 11.9. The van der Waals surface area contributed by atoms with E-state index in [1.54, 1.807) is 7.05 Å². The summed E-state index contributed by atoms with van der Waals surface area (Å²) >= 11 is 0. The third kappa shape index (κ3) is 3.39. The zero-order valence-corrected chi connectivity index (χ0v) is 13.6. The standard InChI is InChI=1S/C15H20N4O6/c1-19-9(5-17-18-19)12(21)7-2-8(16-4-7)3-10-13(22)15(24)14(23)11(6-20)25-10/h4-5,10-11,13-15,20,22-24H,2-3,6H2,1H3. The van der Waals surface area contributed by atoms with Gasteiger partial charge >= 0.3 is 0 Å². The number of Topliss-reactive ketones (excluding diaryl/α,β-unsaturated/α-hetero) is 1. The van der Waals surface area contributed by atoms with Gasteiger partial charge in [0.1, 0.15) is 30.1 Å². The number of aliphatic hydroxyl groups is 4. The van der Waals surface area contributed by atoms with Crippen molar-refractivity contribution in [1.82, 2.24) is 15.0 Å². The van der Waals surface area contributed by atoms with Gasteiger partial charge in [0.15, 0.2) is 0 Å². The smallest absolute Gasteiger partial charge is 0.210 e. The lowest BCUT2D eigenvalue weighted by Crippen LogP contribution is -2.58. The summed E-state index contributed by atoms with van der Waals surface area (Å²) in [6.45, 7) is -0.483. The van der Waals surface area contributed by atoms with Crippen molar-refractivity contribution in [2.24, 2.45) is 12.0 Å². The molecule has 136 valence electrons. The molecule has 0 spiro atoms. The number of hydrogen-bond acceptors (Lipinski definition) is 9. The average molecular weight is 352 g/mol. The molecule has 0 aliphatic carbocycles. The second kappa shape index (κ2) is 7.10. The van der Waals surface area contributed by atoms with E-state index in [1.807, 2.05) is 0 Å². The molecule has 1 aromatic heterocycles. The van der Waals surface area contributed by atoms with Crippen LogP contribution in [0.15, 0.2) is 23.0 Å². The Labute approximate surface area is 143 Å². The summed E-state index contributed by atoms with van der Waals surface area (Å²) < 4.78 is 6.83. The Bertz CT molecular complexity index is 713. The molecule has 0 radical (unpaired) electrons. The maximum atomic E-state index is 12.4. The van der Waals surface area contributed by atoms with E-state index in [9.17, 15) is 25.2 Å². The zero-order chi connectivity index (χ0) is 18.1. The first kappa shape index (κ1) is 17.8. The van der Waals surface area contributed by atoms with Gasteiger partial charge in [-0.15, -0.1) is 5.10 Å². The van der Waals surface area contributed by atoms with Gasteiger partial charge in [-0.1, -0.05) is 5.21 Å². The fourth-order valence-electron chi connectivity index (χ4n) is 2.98. The van der Waals surface area contributed by atoms with Crippen molar-refractivity contribution in [2.45, 2.75) is 43.4 Å². The monoisotopic (exact) mass is 352 g/mol. The van der Waals surface area contributed by atoms with Gasteiger partial charge in [-0.05, 0) is 0 Å². The normalized spacial score (nSPS) is 32.4. The number of aromatic nitrogens is 3. The summed E-state index contributed by atoms with van der Waals surface area (Å²) in [5.74, 6) is -0.236. The number of ether oxygens (including phenoxy) is 1. The number of hydrogen-bond donors (Lipinski definition) is 4. The van der Waals surface area contributed by atoms with Crippen LogP contribution in [0.3, 0.4) is 0 Å². The molecule has 0 bridgehead atoms. The molecular formula is C15H20N4O6. The highest BCUT2D eigenvalue weighted by molar-refractivity contribution is 6.12. The third-order valence-corrected chi connectivity index (χ3v) is 4.46. The average Bonchev–Trinajstić information content (AvgIpc) is 3.24. The molecule has 10 nitrogen and oxygen atoms in total.